The van der Waals surface area contributed by atoms with Crippen molar-refractivity contribution in [1.29, 1.82) is 0 Å². The van der Waals surface area contributed by atoms with Crippen molar-refractivity contribution >= 4 is 29.2 Å². The SMILES string of the molecule is O=C(OCc1cccc(Cl)c1Cl)c1ccccc1. The van der Waals surface area contributed by atoms with Gasteiger partial charge in [0.05, 0.1) is 15.6 Å². The predicted octanol–water partition coefficient (Wildman–Crippen LogP) is 4.35. The molecule has 2 nitrogen and oxygen atoms in total. The molecule has 2 aromatic rings. The molecule has 0 spiro atoms. The Labute approximate surface area is 115 Å². The molecule has 18 heavy (non-hydrogen) atoms. The Hall–Kier alpha value is -1.51. The van der Waals surface area contributed by atoms with Gasteiger partial charge in [0, 0.05) is 5.56 Å². The lowest BCUT2D eigenvalue weighted by atomic mass is 10.2. The van der Waals surface area contributed by atoms with E-state index in [2.05, 4.69) is 0 Å². The van der Waals surface area contributed by atoms with E-state index in [4.69, 9.17) is 27.9 Å². The Morgan fingerprint density at radius 1 is 1.00 bits per heavy atom. The number of rotatable bonds is 3. The van der Waals surface area contributed by atoms with Crippen LogP contribution in [-0.2, 0) is 11.3 Å². The van der Waals surface area contributed by atoms with E-state index in [-0.39, 0.29) is 12.6 Å². The molecule has 0 aromatic heterocycles. The van der Waals surface area contributed by atoms with E-state index in [0.717, 1.165) is 0 Å². The third-order valence-corrected chi connectivity index (χ3v) is 3.26. The summed E-state index contributed by atoms with van der Waals surface area (Å²) < 4.78 is 5.17. The highest BCUT2D eigenvalue weighted by atomic mass is 35.5. The topological polar surface area (TPSA) is 26.3 Å². The number of hydrogen-bond donors (Lipinski definition) is 0. The van der Waals surface area contributed by atoms with E-state index in [1.54, 1.807) is 42.5 Å². The Bertz CT molecular complexity index is 553. The Morgan fingerprint density at radius 2 is 1.72 bits per heavy atom. The first-order chi connectivity index (χ1) is 8.68. The highest BCUT2D eigenvalue weighted by Gasteiger charge is 2.09. The van der Waals surface area contributed by atoms with Gasteiger partial charge in [-0.1, -0.05) is 53.5 Å². The van der Waals surface area contributed by atoms with Crippen molar-refractivity contribution in [2.75, 3.05) is 0 Å². The number of ether oxygens (including phenoxy) is 1. The molecular weight excluding hydrogens is 271 g/mol. The van der Waals surface area contributed by atoms with Crippen molar-refractivity contribution in [3.8, 4) is 0 Å². The van der Waals surface area contributed by atoms with E-state index >= 15 is 0 Å². The van der Waals surface area contributed by atoms with E-state index in [1.165, 1.54) is 0 Å². The molecule has 2 aromatic carbocycles. The molecule has 0 N–H and O–H groups in total. The van der Waals surface area contributed by atoms with Gasteiger partial charge >= 0.3 is 5.97 Å². The van der Waals surface area contributed by atoms with Crippen molar-refractivity contribution in [1.82, 2.24) is 0 Å². The molecule has 0 atom stereocenters. The lowest BCUT2D eigenvalue weighted by molar-refractivity contribution is 0.0473. The monoisotopic (exact) mass is 280 g/mol. The Morgan fingerprint density at radius 3 is 2.44 bits per heavy atom. The van der Waals surface area contributed by atoms with Gasteiger partial charge in [0.1, 0.15) is 6.61 Å². The van der Waals surface area contributed by atoms with Crippen LogP contribution >= 0.6 is 23.2 Å². The number of hydrogen-bond acceptors (Lipinski definition) is 2. The molecule has 0 saturated heterocycles. The Balaban J connectivity index is 2.04. The van der Waals surface area contributed by atoms with Crippen LogP contribution in [-0.4, -0.2) is 5.97 Å². The van der Waals surface area contributed by atoms with Crippen LogP contribution in [0.4, 0.5) is 0 Å². The predicted molar refractivity (Wildman–Crippen MR) is 72.0 cm³/mol. The quantitative estimate of drug-likeness (QED) is 0.782. The van der Waals surface area contributed by atoms with Crippen LogP contribution in [0.2, 0.25) is 10.0 Å². The molecular formula is C14H10Cl2O2. The van der Waals surface area contributed by atoms with Crippen LogP contribution in [0, 0.1) is 0 Å². The summed E-state index contributed by atoms with van der Waals surface area (Å²) in [5, 5.41) is 0.866. The van der Waals surface area contributed by atoms with Crippen molar-refractivity contribution in [3.05, 3.63) is 69.7 Å². The lowest BCUT2D eigenvalue weighted by Gasteiger charge is -2.07. The zero-order chi connectivity index (χ0) is 13.0. The van der Waals surface area contributed by atoms with Crippen LogP contribution in [0.3, 0.4) is 0 Å². The van der Waals surface area contributed by atoms with Gasteiger partial charge in [-0.05, 0) is 18.2 Å². The van der Waals surface area contributed by atoms with E-state index in [0.29, 0.717) is 21.2 Å². The van der Waals surface area contributed by atoms with E-state index in [9.17, 15) is 4.79 Å². The largest absolute Gasteiger partial charge is 0.457 e. The van der Waals surface area contributed by atoms with Crippen LogP contribution in [0.25, 0.3) is 0 Å². The van der Waals surface area contributed by atoms with Crippen LogP contribution in [0.15, 0.2) is 48.5 Å². The minimum atomic E-state index is -0.383. The van der Waals surface area contributed by atoms with Gasteiger partial charge in [-0.25, -0.2) is 4.79 Å². The zero-order valence-corrected chi connectivity index (χ0v) is 10.9. The molecule has 0 radical (unpaired) electrons. The first kappa shape index (κ1) is 12.9. The minimum absolute atomic E-state index is 0.104. The normalized spacial score (nSPS) is 10.1. The summed E-state index contributed by atoms with van der Waals surface area (Å²) in [6, 6.07) is 14.0. The van der Waals surface area contributed by atoms with Gasteiger partial charge in [0.2, 0.25) is 0 Å². The second-order valence-corrected chi connectivity index (χ2v) is 4.44. The first-order valence-corrected chi connectivity index (χ1v) is 6.09. The average molecular weight is 281 g/mol. The van der Waals surface area contributed by atoms with Crippen molar-refractivity contribution < 1.29 is 9.53 Å². The van der Waals surface area contributed by atoms with Crippen LogP contribution in [0.1, 0.15) is 15.9 Å². The fourth-order valence-corrected chi connectivity index (χ4v) is 1.84. The van der Waals surface area contributed by atoms with E-state index < -0.39 is 0 Å². The highest BCUT2D eigenvalue weighted by molar-refractivity contribution is 6.42. The number of carbonyl (C=O) groups is 1. The second kappa shape index (κ2) is 5.89. The average Bonchev–Trinajstić information content (AvgIpc) is 2.41. The van der Waals surface area contributed by atoms with Crippen molar-refractivity contribution in [2.45, 2.75) is 6.61 Å². The maximum Gasteiger partial charge on any atom is 0.338 e. The van der Waals surface area contributed by atoms with Gasteiger partial charge in [-0.2, -0.15) is 0 Å². The summed E-state index contributed by atoms with van der Waals surface area (Å²) in [6.45, 7) is 0.104. The number of esters is 1. The number of halogens is 2. The smallest absolute Gasteiger partial charge is 0.338 e. The molecule has 0 aliphatic rings. The molecule has 0 saturated carbocycles. The first-order valence-electron chi connectivity index (χ1n) is 5.33. The Kier molecular flexibility index (Phi) is 4.24. The van der Waals surface area contributed by atoms with Crippen LogP contribution in [0.5, 0.6) is 0 Å². The molecule has 0 aliphatic carbocycles. The maximum absolute atomic E-state index is 11.7. The summed E-state index contributed by atoms with van der Waals surface area (Å²) in [7, 11) is 0. The zero-order valence-electron chi connectivity index (χ0n) is 9.40. The third kappa shape index (κ3) is 3.03. The van der Waals surface area contributed by atoms with Gasteiger partial charge in [0.25, 0.3) is 0 Å². The fourth-order valence-electron chi connectivity index (χ4n) is 1.46. The standard InChI is InChI=1S/C14H10Cl2O2/c15-12-8-4-7-11(13(12)16)9-18-14(17)10-5-2-1-3-6-10/h1-8H,9H2. The number of benzene rings is 2. The van der Waals surface area contributed by atoms with Crippen molar-refractivity contribution in [3.63, 3.8) is 0 Å². The third-order valence-electron chi connectivity index (χ3n) is 2.40. The van der Waals surface area contributed by atoms with E-state index in [1.807, 2.05) is 6.07 Å². The summed E-state index contributed by atoms with van der Waals surface area (Å²) in [5.74, 6) is -0.383. The summed E-state index contributed by atoms with van der Waals surface area (Å²) in [6.07, 6.45) is 0. The molecule has 0 aliphatic heterocycles. The molecule has 92 valence electrons. The molecule has 2 rings (SSSR count). The molecule has 0 amide bonds. The molecule has 0 fully saturated rings. The molecule has 0 unspecified atom stereocenters. The maximum atomic E-state index is 11.7. The van der Waals surface area contributed by atoms with Gasteiger partial charge < -0.3 is 4.74 Å². The fraction of sp³-hybridized carbons (Fsp3) is 0.0714. The lowest BCUT2D eigenvalue weighted by Crippen LogP contribution is -2.05. The molecule has 0 heterocycles. The van der Waals surface area contributed by atoms with Gasteiger partial charge in [-0.15, -0.1) is 0 Å². The minimum Gasteiger partial charge on any atom is -0.457 e. The summed E-state index contributed by atoms with van der Waals surface area (Å²) in [4.78, 5) is 11.7. The van der Waals surface area contributed by atoms with Gasteiger partial charge in [0.15, 0.2) is 0 Å². The summed E-state index contributed by atoms with van der Waals surface area (Å²) in [5.41, 5.74) is 1.20. The van der Waals surface area contributed by atoms with Gasteiger partial charge in [-0.3, -0.25) is 0 Å². The second-order valence-electron chi connectivity index (χ2n) is 3.66. The van der Waals surface area contributed by atoms with Crippen molar-refractivity contribution in [2.24, 2.45) is 0 Å². The molecule has 4 heteroatoms. The molecule has 0 bridgehead atoms. The summed E-state index contributed by atoms with van der Waals surface area (Å²) >= 11 is 11.9. The van der Waals surface area contributed by atoms with Crippen LogP contribution < -0.4 is 0 Å². The number of carbonyl (C=O) groups excluding carboxylic acids is 1. The highest BCUT2D eigenvalue weighted by Crippen LogP contribution is 2.26.